The van der Waals surface area contributed by atoms with Crippen LogP contribution in [0.25, 0.3) is 10.8 Å². The molecule has 0 amide bonds. The van der Waals surface area contributed by atoms with E-state index in [1.54, 1.807) is 7.11 Å². The highest BCUT2D eigenvalue weighted by atomic mass is 79.9. The van der Waals surface area contributed by atoms with Crippen LogP contribution in [0.3, 0.4) is 0 Å². The van der Waals surface area contributed by atoms with Crippen LogP contribution in [0.2, 0.25) is 0 Å². The summed E-state index contributed by atoms with van der Waals surface area (Å²) in [5, 5.41) is 3.19. The Balaban J connectivity index is 2.20. The van der Waals surface area contributed by atoms with Gasteiger partial charge in [0.1, 0.15) is 5.75 Å². The zero-order valence-electron chi connectivity index (χ0n) is 17.6. The Morgan fingerprint density at radius 2 is 1.71 bits per heavy atom. The van der Waals surface area contributed by atoms with Crippen molar-refractivity contribution in [2.45, 2.75) is 58.8 Å². The van der Waals surface area contributed by atoms with Gasteiger partial charge in [0.2, 0.25) is 0 Å². The molecule has 2 aromatic rings. The second kappa shape index (κ2) is 12.9. The van der Waals surface area contributed by atoms with Gasteiger partial charge in [-0.1, -0.05) is 73.3 Å². The van der Waals surface area contributed by atoms with E-state index in [1.165, 1.54) is 25.7 Å². The van der Waals surface area contributed by atoms with Gasteiger partial charge in [-0.05, 0) is 31.6 Å². The van der Waals surface area contributed by atoms with Crippen molar-refractivity contribution in [3.8, 4) is 17.2 Å². The van der Waals surface area contributed by atoms with Gasteiger partial charge in [0.25, 0.3) is 0 Å². The van der Waals surface area contributed by atoms with Crippen LogP contribution < -0.4 is 14.2 Å². The molecule has 0 N–H and O–H groups in total. The van der Waals surface area contributed by atoms with Gasteiger partial charge >= 0.3 is 0 Å². The van der Waals surface area contributed by atoms with Gasteiger partial charge in [-0.2, -0.15) is 0 Å². The number of unbranched alkanes of at least 4 members (excludes halogenated alkanes) is 3. The fourth-order valence-corrected chi connectivity index (χ4v) is 3.76. The van der Waals surface area contributed by atoms with E-state index in [-0.39, 0.29) is 0 Å². The van der Waals surface area contributed by atoms with Gasteiger partial charge in [-0.15, -0.1) is 0 Å². The summed E-state index contributed by atoms with van der Waals surface area (Å²) < 4.78 is 18.1. The molecule has 0 aromatic heterocycles. The van der Waals surface area contributed by atoms with Crippen LogP contribution in [0.4, 0.5) is 0 Å². The molecule has 0 bridgehead atoms. The molecule has 1 atom stereocenters. The summed E-state index contributed by atoms with van der Waals surface area (Å²) in [7, 11) is 1.70. The Morgan fingerprint density at radius 1 is 0.929 bits per heavy atom. The molecule has 0 fully saturated rings. The largest absolute Gasteiger partial charge is 0.493 e. The number of hydrogen-bond donors (Lipinski definition) is 0. The summed E-state index contributed by atoms with van der Waals surface area (Å²) in [5.41, 5.74) is 0. The first-order valence-corrected chi connectivity index (χ1v) is 11.8. The number of fused-ring (bicyclic) bond motifs is 1. The molecule has 0 spiro atoms. The number of ether oxygens (including phenoxy) is 3. The zero-order chi connectivity index (χ0) is 20.2. The molecule has 0 saturated heterocycles. The number of hydrogen-bond acceptors (Lipinski definition) is 3. The highest BCUT2D eigenvalue weighted by Gasteiger charge is 2.16. The van der Waals surface area contributed by atoms with Gasteiger partial charge in [0.15, 0.2) is 11.5 Å². The Labute approximate surface area is 178 Å². The van der Waals surface area contributed by atoms with Crippen LogP contribution >= 0.6 is 15.9 Å². The van der Waals surface area contributed by atoms with Crippen molar-refractivity contribution < 1.29 is 14.2 Å². The Kier molecular flexibility index (Phi) is 10.6. The van der Waals surface area contributed by atoms with Crippen LogP contribution in [0, 0.1) is 5.92 Å². The normalized spacial score (nSPS) is 12.1. The molecule has 0 aliphatic carbocycles. The van der Waals surface area contributed by atoms with Crippen molar-refractivity contribution in [1.29, 1.82) is 0 Å². The third kappa shape index (κ3) is 6.58. The van der Waals surface area contributed by atoms with Crippen molar-refractivity contribution in [3.63, 3.8) is 0 Å². The number of alkyl halides is 1. The van der Waals surface area contributed by atoms with E-state index < -0.39 is 0 Å². The smallest absolute Gasteiger partial charge is 0.169 e. The predicted octanol–water partition coefficient (Wildman–Crippen LogP) is 7.39. The molecule has 0 aliphatic heterocycles. The first kappa shape index (κ1) is 22.9. The van der Waals surface area contributed by atoms with Gasteiger partial charge in [0.05, 0.1) is 20.3 Å². The van der Waals surface area contributed by atoms with Gasteiger partial charge < -0.3 is 14.2 Å². The second-order valence-electron chi connectivity index (χ2n) is 7.28. The summed E-state index contributed by atoms with van der Waals surface area (Å²) >= 11 is 3.48. The number of benzene rings is 2. The summed E-state index contributed by atoms with van der Waals surface area (Å²) in [6.07, 6.45) is 8.22. The molecule has 1 unspecified atom stereocenters. The molecule has 2 rings (SSSR count). The molecule has 28 heavy (non-hydrogen) atoms. The third-order valence-corrected chi connectivity index (χ3v) is 5.75. The third-order valence-electron chi connectivity index (χ3n) is 5.19. The van der Waals surface area contributed by atoms with Gasteiger partial charge in [0, 0.05) is 22.2 Å². The number of halogens is 1. The second-order valence-corrected chi connectivity index (χ2v) is 8.07. The first-order valence-electron chi connectivity index (χ1n) is 10.7. The van der Waals surface area contributed by atoms with Crippen molar-refractivity contribution >= 4 is 26.7 Å². The highest BCUT2D eigenvalue weighted by Crippen LogP contribution is 2.42. The molecule has 0 saturated carbocycles. The quantitative estimate of drug-likeness (QED) is 0.221. The van der Waals surface area contributed by atoms with Crippen LogP contribution in [0.15, 0.2) is 30.3 Å². The topological polar surface area (TPSA) is 27.7 Å². The van der Waals surface area contributed by atoms with E-state index in [0.717, 1.165) is 65.8 Å². The minimum absolute atomic E-state index is 0.578. The van der Waals surface area contributed by atoms with Gasteiger partial charge in [-0.3, -0.25) is 0 Å². The Bertz CT molecular complexity index is 702. The van der Waals surface area contributed by atoms with Crippen LogP contribution in [0.5, 0.6) is 17.2 Å². The zero-order valence-corrected chi connectivity index (χ0v) is 19.2. The lowest BCUT2D eigenvalue weighted by atomic mass is 10.0. The number of methoxy groups -OCH3 is 1. The van der Waals surface area contributed by atoms with Crippen molar-refractivity contribution in [2.75, 3.05) is 25.7 Å². The minimum atomic E-state index is 0.578. The number of rotatable bonds is 14. The van der Waals surface area contributed by atoms with Crippen LogP contribution in [0.1, 0.15) is 58.8 Å². The monoisotopic (exact) mass is 450 g/mol. The van der Waals surface area contributed by atoms with Gasteiger partial charge in [-0.25, -0.2) is 0 Å². The van der Waals surface area contributed by atoms with Crippen LogP contribution in [-0.2, 0) is 0 Å². The van der Waals surface area contributed by atoms with E-state index >= 15 is 0 Å². The van der Waals surface area contributed by atoms with E-state index in [9.17, 15) is 0 Å². The molecular formula is C24H35BrO3. The molecule has 0 aliphatic rings. The molecule has 3 nitrogen and oxygen atoms in total. The minimum Gasteiger partial charge on any atom is -0.493 e. The predicted molar refractivity (Wildman–Crippen MR) is 122 cm³/mol. The van der Waals surface area contributed by atoms with Crippen molar-refractivity contribution in [3.05, 3.63) is 30.3 Å². The lowest BCUT2D eigenvalue weighted by Crippen LogP contribution is -2.12. The molecule has 4 heteroatoms. The lowest BCUT2D eigenvalue weighted by molar-refractivity contribution is 0.226. The molecular weight excluding hydrogens is 416 g/mol. The molecule has 0 heterocycles. The summed E-state index contributed by atoms with van der Waals surface area (Å²) in [6, 6.07) is 10.3. The molecule has 2 aromatic carbocycles. The lowest BCUT2D eigenvalue weighted by Gasteiger charge is -2.20. The summed E-state index contributed by atoms with van der Waals surface area (Å²) in [6.45, 7) is 5.92. The van der Waals surface area contributed by atoms with Crippen LogP contribution in [-0.4, -0.2) is 25.7 Å². The van der Waals surface area contributed by atoms with E-state index in [4.69, 9.17) is 14.2 Å². The SMILES string of the molecule is CCCCC(CC)COc1c(OC)cc(OCCCCCBr)c2ccccc12. The average molecular weight is 451 g/mol. The fraction of sp³-hybridized carbons (Fsp3) is 0.583. The summed E-state index contributed by atoms with van der Waals surface area (Å²) in [5.74, 6) is 3.03. The maximum absolute atomic E-state index is 6.32. The maximum Gasteiger partial charge on any atom is 0.169 e. The first-order chi connectivity index (χ1) is 13.7. The average Bonchev–Trinajstić information content (AvgIpc) is 2.74. The van der Waals surface area contributed by atoms with E-state index in [0.29, 0.717) is 5.92 Å². The fourth-order valence-electron chi connectivity index (χ4n) is 3.37. The highest BCUT2D eigenvalue weighted by molar-refractivity contribution is 9.09. The Morgan fingerprint density at radius 3 is 2.39 bits per heavy atom. The standard InChI is InChI=1S/C24H35BrO3/c1-4-6-12-19(5-2)18-28-24-21-14-9-8-13-20(21)22(17-23(24)26-3)27-16-11-7-10-15-25/h8-9,13-14,17,19H,4-7,10-12,15-16,18H2,1-3H3. The Hall–Kier alpha value is -1.42. The van der Waals surface area contributed by atoms with Crippen molar-refractivity contribution in [2.24, 2.45) is 5.92 Å². The van der Waals surface area contributed by atoms with E-state index in [1.807, 2.05) is 18.2 Å². The van der Waals surface area contributed by atoms with Crippen molar-refractivity contribution in [1.82, 2.24) is 0 Å². The summed E-state index contributed by atoms with van der Waals surface area (Å²) in [4.78, 5) is 0. The maximum atomic E-state index is 6.32. The molecule has 156 valence electrons. The van der Waals surface area contributed by atoms with E-state index in [2.05, 4.69) is 41.9 Å². The molecule has 0 radical (unpaired) electrons.